The highest BCUT2D eigenvalue weighted by Crippen LogP contribution is 2.32. The number of nitro benzene ring substituents is 1. The zero-order valence-electron chi connectivity index (χ0n) is 19.6. The lowest BCUT2D eigenvalue weighted by Crippen LogP contribution is -2.30. The largest absolute Gasteiger partial charge is 0.496 e. The van der Waals surface area contributed by atoms with Crippen molar-refractivity contribution in [2.75, 3.05) is 18.6 Å². The fourth-order valence-corrected chi connectivity index (χ4v) is 4.02. The minimum absolute atomic E-state index is 0.0265. The number of hydrogen-bond donors (Lipinski definition) is 1. The number of methoxy groups -OCH3 is 1. The molecule has 0 saturated carbocycles. The van der Waals surface area contributed by atoms with Gasteiger partial charge in [-0.15, -0.1) is 0 Å². The van der Waals surface area contributed by atoms with E-state index in [0.717, 1.165) is 0 Å². The van der Waals surface area contributed by atoms with Gasteiger partial charge < -0.3 is 19.5 Å². The molecule has 1 aliphatic heterocycles. The van der Waals surface area contributed by atoms with E-state index in [1.54, 1.807) is 48.5 Å². The highest BCUT2D eigenvalue weighted by Gasteiger charge is 2.33. The zero-order chi connectivity index (χ0) is 25.7. The smallest absolute Gasteiger partial charge is 0.310 e. The monoisotopic (exact) mass is 505 g/mol. The number of amides is 1. The summed E-state index contributed by atoms with van der Waals surface area (Å²) < 4.78 is 16.8. The quantitative estimate of drug-likeness (QED) is 0.191. The van der Waals surface area contributed by atoms with Crippen LogP contribution in [0.4, 0.5) is 11.4 Å². The Morgan fingerprint density at radius 3 is 2.47 bits per heavy atom. The van der Waals surface area contributed by atoms with Gasteiger partial charge in [0.25, 0.3) is 5.91 Å². The molecule has 3 aromatic carbocycles. The molecule has 0 radical (unpaired) electrons. The fourth-order valence-electron chi connectivity index (χ4n) is 3.73. The van der Waals surface area contributed by atoms with Crippen LogP contribution in [0, 0.1) is 10.1 Å². The van der Waals surface area contributed by atoms with E-state index in [0.29, 0.717) is 40.6 Å². The fraction of sp³-hybridized carbons (Fsp3) is 0.154. The van der Waals surface area contributed by atoms with Gasteiger partial charge in [-0.05, 0) is 61.1 Å². The highest BCUT2D eigenvalue weighted by molar-refractivity contribution is 7.80. The van der Waals surface area contributed by atoms with Gasteiger partial charge in [0.2, 0.25) is 0 Å². The van der Waals surface area contributed by atoms with Crippen LogP contribution in [0.25, 0.3) is 6.08 Å². The van der Waals surface area contributed by atoms with E-state index >= 15 is 0 Å². The standard InChI is InChI=1S/C26H23N3O6S/c1-3-34-23-10-6-4-8-20(23)28-25(30)19(27-26(28)36)15-17-12-13-22(33-2)18(14-17)16-35-24-11-7-5-9-21(24)29(31)32/h4-15H,3,16H2,1-2H3,(H,27,36)/b19-15+. The minimum Gasteiger partial charge on any atom is -0.496 e. The van der Waals surface area contributed by atoms with Crippen LogP contribution in [-0.4, -0.2) is 29.7 Å². The number of nitrogens with one attached hydrogen (secondary N) is 1. The number of nitrogens with zero attached hydrogens (tertiary/aromatic N) is 2. The van der Waals surface area contributed by atoms with Crippen molar-refractivity contribution in [3.05, 3.63) is 93.7 Å². The SMILES string of the molecule is CCOc1ccccc1N1C(=O)/C(=C\c2ccc(OC)c(COc3ccccc3[N+](=O)[O-])c2)NC1=S. The van der Waals surface area contributed by atoms with Crippen molar-refractivity contribution < 1.29 is 23.9 Å². The van der Waals surface area contributed by atoms with E-state index in [1.807, 2.05) is 19.1 Å². The Hall–Kier alpha value is -4.44. The Morgan fingerprint density at radius 2 is 1.75 bits per heavy atom. The summed E-state index contributed by atoms with van der Waals surface area (Å²) in [6.07, 6.45) is 1.67. The summed E-state index contributed by atoms with van der Waals surface area (Å²) in [4.78, 5) is 25.4. The van der Waals surface area contributed by atoms with E-state index in [4.69, 9.17) is 26.4 Å². The van der Waals surface area contributed by atoms with Crippen LogP contribution in [0.5, 0.6) is 17.2 Å². The van der Waals surface area contributed by atoms with Crippen LogP contribution in [0.1, 0.15) is 18.1 Å². The maximum Gasteiger partial charge on any atom is 0.310 e. The molecule has 10 heteroatoms. The van der Waals surface area contributed by atoms with Crippen molar-refractivity contribution >= 4 is 40.7 Å². The third-order valence-corrected chi connectivity index (χ3v) is 5.63. The summed E-state index contributed by atoms with van der Waals surface area (Å²) in [6, 6.07) is 18.6. The average Bonchev–Trinajstić information content (AvgIpc) is 3.15. The maximum atomic E-state index is 13.2. The van der Waals surface area contributed by atoms with Gasteiger partial charge in [0, 0.05) is 11.6 Å². The first-order chi connectivity index (χ1) is 17.4. The molecule has 1 N–H and O–H groups in total. The number of nitro groups is 1. The zero-order valence-corrected chi connectivity index (χ0v) is 20.4. The summed E-state index contributed by atoms with van der Waals surface area (Å²) in [7, 11) is 1.52. The van der Waals surface area contributed by atoms with Gasteiger partial charge >= 0.3 is 5.69 Å². The molecule has 0 spiro atoms. The van der Waals surface area contributed by atoms with Crippen molar-refractivity contribution in [1.82, 2.24) is 5.32 Å². The lowest BCUT2D eigenvalue weighted by Gasteiger charge is -2.18. The topological polar surface area (TPSA) is 103 Å². The highest BCUT2D eigenvalue weighted by atomic mass is 32.1. The number of thiocarbonyl (C=S) groups is 1. The molecule has 1 saturated heterocycles. The third-order valence-electron chi connectivity index (χ3n) is 5.34. The first-order valence-electron chi connectivity index (χ1n) is 11.0. The molecule has 0 aliphatic carbocycles. The predicted molar refractivity (Wildman–Crippen MR) is 139 cm³/mol. The van der Waals surface area contributed by atoms with Gasteiger partial charge in [0.05, 0.1) is 24.3 Å². The lowest BCUT2D eigenvalue weighted by atomic mass is 10.1. The summed E-state index contributed by atoms with van der Waals surface area (Å²) in [5, 5.41) is 14.5. The van der Waals surface area contributed by atoms with Crippen molar-refractivity contribution in [1.29, 1.82) is 0 Å². The first-order valence-corrected chi connectivity index (χ1v) is 11.5. The molecule has 1 fully saturated rings. The second kappa shape index (κ2) is 10.9. The molecule has 9 nitrogen and oxygen atoms in total. The molecule has 0 atom stereocenters. The average molecular weight is 506 g/mol. The van der Waals surface area contributed by atoms with E-state index < -0.39 is 4.92 Å². The van der Waals surface area contributed by atoms with Crippen LogP contribution in [0.2, 0.25) is 0 Å². The summed E-state index contributed by atoms with van der Waals surface area (Å²) in [5.41, 5.74) is 2.06. The van der Waals surface area contributed by atoms with Crippen LogP contribution < -0.4 is 24.4 Å². The number of carbonyl (C=O) groups excluding carboxylic acids is 1. The molecule has 0 unspecified atom stereocenters. The van der Waals surface area contributed by atoms with Crippen molar-refractivity contribution in [2.45, 2.75) is 13.5 Å². The Balaban J connectivity index is 1.60. The second-order valence-corrected chi connectivity index (χ2v) is 8.00. The van der Waals surface area contributed by atoms with Crippen molar-refractivity contribution in [2.24, 2.45) is 0 Å². The summed E-state index contributed by atoms with van der Waals surface area (Å²) >= 11 is 5.43. The van der Waals surface area contributed by atoms with E-state index in [-0.39, 0.29) is 29.1 Å². The second-order valence-electron chi connectivity index (χ2n) is 7.61. The maximum absolute atomic E-state index is 13.2. The van der Waals surface area contributed by atoms with Gasteiger partial charge in [-0.25, -0.2) is 4.90 Å². The Labute approximate surface area is 213 Å². The first kappa shape index (κ1) is 24.7. The number of carbonyl (C=O) groups is 1. The van der Waals surface area contributed by atoms with Crippen LogP contribution >= 0.6 is 12.2 Å². The van der Waals surface area contributed by atoms with E-state index in [9.17, 15) is 14.9 Å². The van der Waals surface area contributed by atoms with Gasteiger partial charge in [-0.2, -0.15) is 0 Å². The van der Waals surface area contributed by atoms with Gasteiger partial charge in [-0.1, -0.05) is 30.3 Å². The van der Waals surface area contributed by atoms with Crippen molar-refractivity contribution in [3.63, 3.8) is 0 Å². The lowest BCUT2D eigenvalue weighted by molar-refractivity contribution is -0.385. The Morgan fingerprint density at radius 1 is 1.03 bits per heavy atom. The normalized spacial score (nSPS) is 14.1. The van der Waals surface area contributed by atoms with Crippen molar-refractivity contribution in [3.8, 4) is 17.2 Å². The Kier molecular flexibility index (Phi) is 7.45. The Bertz CT molecular complexity index is 1360. The van der Waals surface area contributed by atoms with Crippen LogP contribution in [-0.2, 0) is 11.4 Å². The van der Waals surface area contributed by atoms with E-state index in [2.05, 4.69) is 5.32 Å². The molecule has 3 aromatic rings. The number of ether oxygens (including phenoxy) is 3. The van der Waals surface area contributed by atoms with Gasteiger partial charge in [-0.3, -0.25) is 14.9 Å². The molecular formula is C26H23N3O6S. The van der Waals surface area contributed by atoms with Crippen LogP contribution in [0.15, 0.2) is 72.4 Å². The molecule has 0 bridgehead atoms. The molecule has 184 valence electrons. The molecule has 36 heavy (non-hydrogen) atoms. The molecule has 1 heterocycles. The molecule has 1 amide bonds. The van der Waals surface area contributed by atoms with E-state index in [1.165, 1.54) is 24.1 Å². The third kappa shape index (κ3) is 5.13. The van der Waals surface area contributed by atoms with Gasteiger partial charge in [0.1, 0.15) is 23.8 Å². The number of anilines is 1. The molecule has 4 rings (SSSR count). The number of benzene rings is 3. The number of para-hydroxylation sites is 4. The van der Waals surface area contributed by atoms with Gasteiger partial charge in [0.15, 0.2) is 10.9 Å². The summed E-state index contributed by atoms with van der Waals surface area (Å²) in [6.45, 7) is 2.34. The minimum atomic E-state index is -0.497. The van der Waals surface area contributed by atoms with Crippen LogP contribution in [0.3, 0.4) is 0 Å². The molecule has 1 aliphatic rings. The summed E-state index contributed by atoms with van der Waals surface area (Å²) in [5.74, 6) is 0.928. The molecular weight excluding hydrogens is 482 g/mol. The predicted octanol–water partition coefficient (Wildman–Crippen LogP) is 4.84. The molecule has 0 aromatic heterocycles. The number of hydrogen-bond acceptors (Lipinski definition) is 7. The number of rotatable bonds is 9.